The average Bonchev–Trinajstić information content (AvgIpc) is 3.26. The van der Waals surface area contributed by atoms with Gasteiger partial charge in [0.05, 0.1) is 30.1 Å². The van der Waals surface area contributed by atoms with Crippen LogP contribution in [0.25, 0.3) is 11.0 Å². The molecule has 0 fully saturated rings. The first-order valence-electron chi connectivity index (χ1n) is 13.7. The van der Waals surface area contributed by atoms with E-state index in [1.54, 1.807) is 24.7 Å². The van der Waals surface area contributed by atoms with Crippen molar-refractivity contribution in [2.75, 3.05) is 33.5 Å². The number of nitrogens with one attached hydrogen (secondary N) is 1. The van der Waals surface area contributed by atoms with E-state index in [1.165, 1.54) is 42.2 Å². The minimum atomic E-state index is -1.27. The van der Waals surface area contributed by atoms with Crippen molar-refractivity contribution in [3.8, 4) is 0 Å². The van der Waals surface area contributed by atoms with Crippen molar-refractivity contribution >= 4 is 34.6 Å². The van der Waals surface area contributed by atoms with Crippen LogP contribution in [-0.4, -0.2) is 81.1 Å². The highest BCUT2D eigenvalue weighted by molar-refractivity contribution is 5.95. The van der Waals surface area contributed by atoms with Gasteiger partial charge in [-0.1, -0.05) is 19.9 Å². The van der Waals surface area contributed by atoms with Gasteiger partial charge in [-0.2, -0.15) is 0 Å². The topological polar surface area (TPSA) is 132 Å². The maximum absolute atomic E-state index is 14.1. The number of hydrogen-bond donors (Lipinski definition) is 1. The van der Waals surface area contributed by atoms with Crippen molar-refractivity contribution in [3.63, 3.8) is 0 Å². The average molecular weight is 602 g/mol. The molecule has 43 heavy (non-hydrogen) atoms. The smallest absolute Gasteiger partial charge is 0.410 e. The second kappa shape index (κ2) is 14.5. The Morgan fingerprint density at radius 1 is 1.07 bits per heavy atom. The number of rotatable bonds is 12. The largest absolute Gasteiger partial charge is 0.436 e. The summed E-state index contributed by atoms with van der Waals surface area (Å²) in [5.41, 5.74) is -0.141. The third kappa shape index (κ3) is 8.69. The van der Waals surface area contributed by atoms with E-state index >= 15 is 0 Å². The minimum Gasteiger partial charge on any atom is -0.436 e. The third-order valence-electron chi connectivity index (χ3n) is 6.47. The summed E-state index contributed by atoms with van der Waals surface area (Å²) in [5.74, 6) is -2.33. The maximum atomic E-state index is 14.1. The van der Waals surface area contributed by atoms with Crippen LogP contribution in [0.3, 0.4) is 0 Å². The van der Waals surface area contributed by atoms with Gasteiger partial charge in [-0.05, 0) is 31.3 Å². The SMILES string of the molecule is CC(C)CCn1c(Cn2cncc(NC(=O)[C@H](CC/C=C/C(=O)N(C)C)OC(=O)N(C)C)c2=O)nc2cc(F)c(F)cc21. The van der Waals surface area contributed by atoms with Gasteiger partial charge in [-0.3, -0.25) is 19.0 Å². The van der Waals surface area contributed by atoms with Gasteiger partial charge >= 0.3 is 6.09 Å². The minimum absolute atomic E-state index is 0.0457. The summed E-state index contributed by atoms with van der Waals surface area (Å²) in [6.45, 7) is 4.43. The molecule has 0 aliphatic rings. The number of amides is 3. The van der Waals surface area contributed by atoms with Gasteiger partial charge in [0, 0.05) is 46.9 Å². The zero-order chi connectivity index (χ0) is 31.8. The lowest BCUT2D eigenvalue weighted by Crippen LogP contribution is -2.37. The molecule has 0 radical (unpaired) electrons. The second-order valence-electron chi connectivity index (χ2n) is 10.8. The lowest BCUT2D eigenvalue weighted by Gasteiger charge is -2.19. The molecule has 3 amide bonds. The molecule has 0 unspecified atom stereocenters. The number of likely N-dealkylation sites (N-methyl/N-ethyl adjacent to an activating group) is 1. The Balaban J connectivity index is 1.86. The number of benzene rings is 1. The van der Waals surface area contributed by atoms with Crippen LogP contribution < -0.4 is 10.9 Å². The first-order valence-corrected chi connectivity index (χ1v) is 13.7. The van der Waals surface area contributed by atoms with Crippen molar-refractivity contribution in [1.29, 1.82) is 0 Å². The van der Waals surface area contributed by atoms with E-state index in [0.717, 1.165) is 23.5 Å². The van der Waals surface area contributed by atoms with E-state index in [9.17, 15) is 28.0 Å². The number of anilines is 1. The molecule has 0 saturated carbocycles. The van der Waals surface area contributed by atoms with Gasteiger partial charge in [-0.15, -0.1) is 0 Å². The molecule has 232 valence electrons. The van der Waals surface area contributed by atoms with E-state index in [1.807, 2.05) is 13.8 Å². The summed E-state index contributed by atoms with van der Waals surface area (Å²) >= 11 is 0. The van der Waals surface area contributed by atoms with E-state index in [-0.39, 0.29) is 36.5 Å². The number of carbonyl (C=O) groups excluding carboxylic acids is 3. The summed E-state index contributed by atoms with van der Waals surface area (Å²) in [6.07, 6.45) is 4.33. The molecule has 3 aromatic rings. The molecule has 0 aliphatic heterocycles. The van der Waals surface area contributed by atoms with Crippen molar-refractivity contribution in [2.45, 2.75) is 52.3 Å². The number of nitrogens with zero attached hydrogens (tertiary/aromatic N) is 6. The number of aryl methyl sites for hydroxylation is 1. The van der Waals surface area contributed by atoms with Crippen molar-refractivity contribution in [2.24, 2.45) is 5.92 Å². The zero-order valence-electron chi connectivity index (χ0n) is 25.1. The number of aromatic nitrogens is 4. The molecule has 14 heteroatoms. The highest BCUT2D eigenvalue weighted by atomic mass is 19.2. The molecule has 0 aliphatic carbocycles. The molecule has 2 aromatic heterocycles. The van der Waals surface area contributed by atoms with Crippen LogP contribution in [0, 0.1) is 17.6 Å². The molecular formula is C29H37F2N7O5. The van der Waals surface area contributed by atoms with E-state index in [0.29, 0.717) is 23.8 Å². The lowest BCUT2D eigenvalue weighted by atomic mass is 10.1. The van der Waals surface area contributed by atoms with Crippen molar-refractivity contribution in [1.82, 2.24) is 28.9 Å². The molecule has 0 bridgehead atoms. The Morgan fingerprint density at radius 3 is 2.42 bits per heavy atom. The fourth-order valence-electron chi connectivity index (χ4n) is 3.99. The number of allylic oxidation sites excluding steroid dienone is 1. The van der Waals surface area contributed by atoms with Crippen LogP contribution in [0.1, 0.15) is 38.9 Å². The summed E-state index contributed by atoms with van der Waals surface area (Å²) in [6, 6.07) is 2.10. The number of halogens is 2. The van der Waals surface area contributed by atoms with Gasteiger partial charge in [0.25, 0.3) is 11.5 Å². The number of carbonyl (C=O) groups is 3. The molecule has 1 aromatic carbocycles. The van der Waals surface area contributed by atoms with Gasteiger partial charge < -0.3 is 24.4 Å². The standard InChI is InChI=1S/C29H37F2N7O5/c1-18(2)11-12-38-23-14-20(31)19(30)13-21(23)33-25(38)16-37-17-32-15-22(28(37)41)34-27(40)24(43-29(42)36(5)6)9-7-8-10-26(39)35(3)4/h8,10,13-15,17-18,24H,7,9,11-12,16H2,1-6H3,(H,34,40)/b10-8+/t24-/m0/s1. The fourth-order valence-corrected chi connectivity index (χ4v) is 3.99. The second-order valence-corrected chi connectivity index (χ2v) is 10.8. The molecule has 12 nitrogen and oxygen atoms in total. The van der Waals surface area contributed by atoms with E-state index in [2.05, 4.69) is 15.3 Å². The molecule has 2 heterocycles. The zero-order valence-corrected chi connectivity index (χ0v) is 25.1. The summed E-state index contributed by atoms with van der Waals surface area (Å²) < 4.78 is 36.3. The highest BCUT2D eigenvalue weighted by Gasteiger charge is 2.25. The van der Waals surface area contributed by atoms with Gasteiger partial charge in [0.2, 0.25) is 5.91 Å². The maximum Gasteiger partial charge on any atom is 0.410 e. The number of ether oxygens (including phenoxy) is 1. The van der Waals surface area contributed by atoms with E-state index < -0.39 is 35.3 Å². The highest BCUT2D eigenvalue weighted by Crippen LogP contribution is 2.22. The Morgan fingerprint density at radius 2 is 1.77 bits per heavy atom. The Hall–Kier alpha value is -4.62. The Bertz CT molecular complexity index is 1560. The molecular weight excluding hydrogens is 564 g/mol. The number of hydrogen-bond acceptors (Lipinski definition) is 7. The summed E-state index contributed by atoms with van der Waals surface area (Å²) in [5, 5.41) is 2.49. The fraction of sp³-hybridized carbons (Fsp3) is 0.448. The van der Waals surface area contributed by atoms with E-state index in [4.69, 9.17) is 4.74 Å². The lowest BCUT2D eigenvalue weighted by molar-refractivity contribution is -0.125. The quantitative estimate of drug-likeness (QED) is 0.315. The van der Waals surface area contributed by atoms with Crippen molar-refractivity contribution in [3.05, 3.63) is 64.6 Å². The molecule has 3 rings (SSSR count). The van der Waals surface area contributed by atoms with Crippen LogP contribution in [-0.2, 0) is 27.4 Å². The molecule has 1 N–H and O–H groups in total. The molecule has 1 atom stereocenters. The van der Waals surface area contributed by atoms with Crippen LogP contribution in [0.5, 0.6) is 0 Å². The Kier molecular flexibility index (Phi) is 11.1. The first kappa shape index (κ1) is 32.9. The monoisotopic (exact) mass is 601 g/mol. The third-order valence-corrected chi connectivity index (χ3v) is 6.47. The normalized spacial score (nSPS) is 12.1. The van der Waals surface area contributed by atoms with Gasteiger partial charge in [-0.25, -0.2) is 23.5 Å². The predicted octanol–water partition coefficient (Wildman–Crippen LogP) is 3.40. The van der Waals surface area contributed by atoms with Crippen molar-refractivity contribution < 1.29 is 27.9 Å². The summed E-state index contributed by atoms with van der Waals surface area (Å²) in [7, 11) is 6.13. The van der Waals surface area contributed by atoms with Crippen LogP contribution in [0.2, 0.25) is 0 Å². The summed E-state index contributed by atoms with van der Waals surface area (Å²) in [4.78, 5) is 61.5. The van der Waals surface area contributed by atoms with Gasteiger partial charge in [0.15, 0.2) is 17.7 Å². The van der Waals surface area contributed by atoms with Crippen LogP contribution >= 0.6 is 0 Å². The molecule has 0 saturated heterocycles. The number of fused-ring (bicyclic) bond motifs is 1. The van der Waals surface area contributed by atoms with Crippen LogP contribution in [0.15, 0.2) is 41.6 Å². The Labute approximate surface area is 247 Å². The van der Waals surface area contributed by atoms with Crippen LogP contribution in [0.4, 0.5) is 19.3 Å². The number of imidazole rings is 1. The first-order chi connectivity index (χ1) is 20.3. The van der Waals surface area contributed by atoms with Gasteiger partial charge in [0.1, 0.15) is 11.5 Å². The predicted molar refractivity (Wildman–Crippen MR) is 156 cm³/mol. The molecule has 0 spiro atoms.